The molecule has 180 valence electrons. The summed E-state index contributed by atoms with van der Waals surface area (Å²) in [5, 5.41) is 0.185. The van der Waals surface area contributed by atoms with Crippen molar-refractivity contribution in [2.24, 2.45) is 0 Å². The highest BCUT2D eigenvalue weighted by molar-refractivity contribution is 7.83. The van der Waals surface area contributed by atoms with Crippen molar-refractivity contribution in [1.82, 2.24) is 4.72 Å². The molecule has 0 aliphatic rings. The van der Waals surface area contributed by atoms with Crippen LogP contribution in [0.4, 0.5) is 17.6 Å². The number of hydrogen-bond acceptors (Lipinski definition) is 3. The van der Waals surface area contributed by atoms with Crippen LogP contribution in [0.1, 0.15) is 22.7 Å². The van der Waals surface area contributed by atoms with E-state index in [1.807, 2.05) is 0 Å². The van der Waals surface area contributed by atoms with E-state index in [0.29, 0.717) is 5.56 Å². The maximum absolute atomic E-state index is 16.0. The van der Waals surface area contributed by atoms with E-state index in [4.69, 9.17) is 16.3 Å². The lowest BCUT2D eigenvalue weighted by Gasteiger charge is -2.33. The Hall–Kier alpha value is -2.75. The van der Waals surface area contributed by atoms with Crippen molar-refractivity contribution in [1.29, 1.82) is 0 Å². The molecule has 0 heterocycles. The Bertz CT molecular complexity index is 1140. The summed E-state index contributed by atoms with van der Waals surface area (Å²) in [5.74, 6) is -2.16. The standard InChI is InChI=1S/C24H20ClF4NO3S/c1-16-7-13-20(14-8-16)34(32)30-21(18-9-11-19(25)12-10-18)23(26,24(27,28)29)22(31)33-15-17-5-3-2-4-6-17/h2-14,21,30H,15H2,1H3. The highest BCUT2D eigenvalue weighted by Crippen LogP contribution is 2.45. The molecule has 0 saturated carbocycles. The van der Waals surface area contributed by atoms with Crippen LogP contribution in [0.5, 0.6) is 0 Å². The van der Waals surface area contributed by atoms with Crippen LogP contribution in [-0.2, 0) is 27.1 Å². The van der Waals surface area contributed by atoms with Gasteiger partial charge < -0.3 is 4.74 Å². The van der Waals surface area contributed by atoms with Crippen molar-refractivity contribution in [3.8, 4) is 0 Å². The van der Waals surface area contributed by atoms with Gasteiger partial charge in [0.25, 0.3) is 0 Å². The maximum atomic E-state index is 16.0. The predicted octanol–water partition coefficient (Wildman–Crippen LogP) is 6.02. The van der Waals surface area contributed by atoms with Crippen LogP contribution < -0.4 is 4.72 Å². The highest BCUT2D eigenvalue weighted by Gasteiger charge is 2.68. The lowest BCUT2D eigenvalue weighted by Crippen LogP contribution is -2.57. The van der Waals surface area contributed by atoms with Gasteiger partial charge in [0.1, 0.15) is 17.6 Å². The predicted molar refractivity (Wildman–Crippen MR) is 121 cm³/mol. The summed E-state index contributed by atoms with van der Waals surface area (Å²) in [6.07, 6.45) is -5.70. The number of esters is 1. The van der Waals surface area contributed by atoms with E-state index in [-0.39, 0.29) is 15.5 Å². The molecule has 3 atom stereocenters. The van der Waals surface area contributed by atoms with Gasteiger partial charge >= 0.3 is 17.8 Å². The molecule has 3 rings (SSSR count). The first-order valence-electron chi connectivity index (χ1n) is 9.99. The molecule has 0 bridgehead atoms. The summed E-state index contributed by atoms with van der Waals surface area (Å²) in [4.78, 5) is 12.8. The summed E-state index contributed by atoms with van der Waals surface area (Å²) in [6, 6.07) is 16.3. The largest absolute Gasteiger partial charge is 0.458 e. The SMILES string of the molecule is Cc1ccc(S(=O)NC(c2ccc(Cl)cc2)C(F)(C(=O)OCc2ccccc2)C(F)(F)F)cc1. The van der Waals surface area contributed by atoms with E-state index in [1.165, 1.54) is 36.4 Å². The number of rotatable bonds is 8. The zero-order valence-electron chi connectivity index (χ0n) is 17.8. The van der Waals surface area contributed by atoms with Gasteiger partial charge in [0.05, 0.1) is 10.9 Å². The van der Waals surface area contributed by atoms with Crippen molar-refractivity contribution >= 4 is 28.6 Å². The first-order chi connectivity index (χ1) is 16.0. The normalized spacial score (nSPS) is 15.2. The molecule has 0 amide bonds. The van der Waals surface area contributed by atoms with Crippen LogP contribution in [0, 0.1) is 6.92 Å². The molecular weight excluding hydrogens is 494 g/mol. The van der Waals surface area contributed by atoms with Crippen LogP contribution >= 0.6 is 11.6 Å². The molecule has 0 saturated heterocycles. The Morgan fingerprint density at radius 1 is 0.971 bits per heavy atom. The number of carbonyl (C=O) groups excluding carboxylic acids is 1. The van der Waals surface area contributed by atoms with Crippen LogP contribution in [-0.4, -0.2) is 22.0 Å². The number of nitrogens with one attached hydrogen (secondary N) is 1. The minimum Gasteiger partial charge on any atom is -0.458 e. The third-order valence-corrected chi connectivity index (χ3v) is 6.39. The van der Waals surface area contributed by atoms with Gasteiger partial charge in [-0.2, -0.15) is 13.2 Å². The molecule has 0 aromatic heterocycles. The zero-order valence-corrected chi connectivity index (χ0v) is 19.4. The van der Waals surface area contributed by atoms with Gasteiger partial charge in [-0.3, -0.25) is 0 Å². The maximum Gasteiger partial charge on any atom is 0.435 e. The molecular formula is C24H20ClF4NO3S. The van der Waals surface area contributed by atoms with Crippen molar-refractivity contribution in [2.75, 3.05) is 0 Å². The van der Waals surface area contributed by atoms with E-state index in [1.54, 1.807) is 37.3 Å². The molecule has 4 nitrogen and oxygen atoms in total. The average Bonchev–Trinajstić information content (AvgIpc) is 2.81. The number of hydrogen-bond donors (Lipinski definition) is 1. The Morgan fingerprint density at radius 2 is 1.56 bits per heavy atom. The molecule has 0 aliphatic heterocycles. The smallest absolute Gasteiger partial charge is 0.435 e. The van der Waals surface area contributed by atoms with Gasteiger partial charge in [-0.05, 0) is 42.3 Å². The van der Waals surface area contributed by atoms with Gasteiger partial charge in [-0.15, -0.1) is 0 Å². The fourth-order valence-corrected chi connectivity index (χ4v) is 4.25. The van der Waals surface area contributed by atoms with E-state index in [0.717, 1.165) is 17.7 Å². The molecule has 0 fully saturated rings. The highest BCUT2D eigenvalue weighted by atomic mass is 35.5. The number of carbonyl (C=O) groups is 1. The van der Waals surface area contributed by atoms with Gasteiger partial charge in [0.15, 0.2) is 0 Å². The Labute approximate surface area is 201 Å². The fourth-order valence-electron chi connectivity index (χ4n) is 3.10. The van der Waals surface area contributed by atoms with Gasteiger partial charge in [0, 0.05) is 5.02 Å². The van der Waals surface area contributed by atoms with Crippen molar-refractivity contribution in [2.45, 2.75) is 36.3 Å². The Kier molecular flexibility index (Phi) is 8.12. The molecule has 1 N–H and O–H groups in total. The lowest BCUT2D eigenvalue weighted by molar-refractivity contribution is -0.247. The molecule has 0 radical (unpaired) electrons. The zero-order chi connectivity index (χ0) is 24.9. The second-order valence-electron chi connectivity index (χ2n) is 7.46. The molecule has 3 aromatic carbocycles. The van der Waals surface area contributed by atoms with Gasteiger partial charge in [-0.1, -0.05) is 71.8 Å². The number of benzene rings is 3. The second-order valence-corrected chi connectivity index (χ2v) is 9.14. The van der Waals surface area contributed by atoms with E-state index in [2.05, 4.69) is 4.72 Å². The molecule has 34 heavy (non-hydrogen) atoms. The Morgan fingerprint density at radius 3 is 2.12 bits per heavy atom. The molecule has 3 aromatic rings. The summed E-state index contributed by atoms with van der Waals surface area (Å²) < 4.78 is 78.2. The minimum absolute atomic E-state index is 0.103. The summed E-state index contributed by atoms with van der Waals surface area (Å²) >= 11 is 5.83. The number of alkyl halides is 4. The van der Waals surface area contributed by atoms with Gasteiger partial charge in [0.2, 0.25) is 0 Å². The molecule has 10 heteroatoms. The molecule has 3 unspecified atom stereocenters. The van der Waals surface area contributed by atoms with Crippen LogP contribution in [0.2, 0.25) is 5.02 Å². The number of halogens is 5. The summed E-state index contributed by atoms with van der Waals surface area (Å²) in [7, 11) is -2.30. The van der Waals surface area contributed by atoms with E-state index < -0.39 is 41.4 Å². The quantitative estimate of drug-likeness (QED) is 0.296. The van der Waals surface area contributed by atoms with Crippen LogP contribution in [0.25, 0.3) is 0 Å². The first-order valence-corrected chi connectivity index (χ1v) is 11.5. The average molecular weight is 514 g/mol. The van der Waals surface area contributed by atoms with Gasteiger partial charge in [-0.25, -0.2) is 18.1 Å². The fraction of sp³-hybridized carbons (Fsp3) is 0.208. The molecule has 0 spiro atoms. The third-order valence-electron chi connectivity index (χ3n) is 4.98. The number of aryl methyl sites for hydroxylation is 1. The lowest BCUT2D eigenvalue weighted by atomic mass is 9.90. The van der Waals surface area contributed by atoms with Crippen molar-refractivity contribution in [3.63, 3.8) is 0 Å². The Balaban J connectivity index is 2.00. The van der Waals surface area contributed by atoms with Crippen LogP contribution in [0.3, 0.4) is 0 Å². The molecule has 0 aliphatic carbocycles. The van der Waals surface area contributed by atoms with Crippen molar-refractivity contribution < 1.29 is 31.3 Å². The van der Waals surface area contributed by atoms with E-state index in [9.17, 15) is 22.2 Å². The number of ether oxygens (including phenoxy) is 1. The monoisotopic (exact) mass is 513 g/mol. The second kappa shape index (κ2) is 10.7. The topological polar surface area (TPSA) is 55.4 Å². The first kappa shape index (κ1) is 25.9. The van der Waals surface area contributed by atoms with Crippen LogP contribution in [0.15, 0.2) is 83.8 Å². The minimum atomic E-state index is -5.70. The third kappa shape index (κ3) is 5.84. The summed E-state index contributed by atoms with van der Waals surface area (Å²) in [6.45, 7) is 1.20. The van der Waals surface area contributed by atoms with Crippen molar-refractivity contribution in [3.05, 3.63) is 101 Å². The van der Waals surface area contributed by atoms with E-state index >= 15 is 4.39 Å². The summed E-state index contributed by atoms with van der Waals surface area (Å²) in [5.41, 5.74) is -3.65.